The maximum atomic E-state index is 5.26. The third-order valence-corrected chi connectivity index (χ3v) is 5.52. The van der Waals surface area contributed by atoms with Crippen molar-refractivity contribution in [2.45, 2.75) is 37.0 Å². The predicted octanol–water partition coefficient (Wildman–Crippen LogP) is 3.76. The normalized spacial score (nSPS) is 13.0. The molecule has 128 valence electrons. The van der Waals surface area contributed by atoms with Gasteiger partial charge in [-0.2, -0.15) is 5.10 Å². The summed E-state index contributed by atoms with van der Waals surface area (Å²) in [5, 5.41) is 14.3. The Balaban J connectivity index is 1.47. The number of aromatic nitrogens is 4. The van der Waals surface area contributed by atoms with Crippen LogP contribution in [0.5, 0.6) is 5.75 Å². The van der Waals surface area contributed by atoms with Gasteiger partial charge in [-0.1, -0.05) is 23.9 Å². The van der Waals surface area contributed by atoms with E-state index in [0.717, 1.165) is 35.2 Å². The van der Waals surface area contributed by atoms with Gasteiger partial charge in [-0.25, -0.2) is 4.68 Å². The minimum atomic E-state index is 0.789. The Morgan fingerprint density at radius 1 is 1.16 bits per heavy atom. The Morgan fingerprint density at radius 3 is 2.84 bits per heavy atom. The Labute approximate surface area is 151 Å². The smallest absolute Gasteiger partial charge is 0.176 e. The lowest BCUT2D eigenvalue weighted by molar-refractivity contribution is 0.414. The van der Waals surface area contributed by atoms with E-state index in [4.69, 9.17) is 9.84 Å². The van der Waals surface area contributed by atoms with E-state index in [0.29, 0.717) is 0 Å². The van der Waals surface area contributed by atoms with E-state index in [2.05, 4.69) is 23.2 Å². The zero-order valence-electron chi connectivity index (χ0n) is 14.4. The van der Waals surface area contributed by atoms with Gasteiger partial charge < -0.3 is 4.74 Å². The highest BCUT2D eigenvalue weighted by atomic mass is 32.2. The van der Waals surface area contributed by atoms with E-state index >= 15 is 0 Å². The summed E-state index contributed by atoms with van der Waals surface area (Å²) < 4.78 is 7.19. The highest BCUT2D eigenvalue weighted by Crippen LogP contribution is 2.27. The van der Waals surface area contributed by atoms with Crippen molar-refractivity contribution in [1.29, 1.82) is 0 Å². The summed E-state index contributed by atoms with van der Waals surface area (Å²) in [7, 11) is 1.68. The number of nitrogens with zero attached hydrogens (tertiary/aromatic N) is 4. The second kappa shape index (κ2) is 6.88. The molecule has 2 aromatic heterocycles. The number of thioether (sulfide) groups is 1. The SMILES string of the molecule is COc1cccc(CSc2ccc(-n3nc4c(c3C)CCC4)nn2)c1. The average molecular weight is 352 g/mol. The lowest BCUT2D eigenvalue weighted by Crippen LogP contribution is -2.04. The molecular weight excluding hydrogens is 332 g/mol. The van der Waals surface area contributed by atoms with E-state index in [1.54, 1.807) is 18.9 Å². The fourth-order valence-corrected chi connectivity index (χ4v) is 3.95. The summed E-state index contributed by atoms with van der Waals surface area (Å²) in [4.78, 5) is 0. The van der Waals surface area contributed by atoms with Crippen molar-refractivity contribution in [1.82, 2.24) is 20.0 Å². The van der Waals surface area contributed by atoms with Crippen LogP contribution in [0.3, 0.4) is 0 Å². The first-order valence-corrected chi connectivity index (χ1v) is 9.40. The number of hydrogen-bond donors (Lipinski definition) is 0. The van der Waals surface area contributed by atoms with Crippen molar-refractivity contribution in [3.63, 3.8) is 0 Å². The summed E-state index contributed by atoms with van der Waals surface area (Å²) in [5.74, 6) is 2.50. The Kier molecular flexibility index (Phi) is 4.44. The van der Waals surface area contributed by atoms with Crippen LogP contribution in [0.15, 0.2) is 41.4 Å². The second-order valence-electron chi connectivity index (χ2n) is 6.15. The number of rotatable bonds is 5. The lowest BCUT2D eigenvalue weighted by Gasteiger charge is -2.06. The monoisotopic (exact) mass is 352 g/mol. The molecule has 1 aliphatic carbocycles. The number of fused-ring (bicyclic) bond motifs is 1. The molecule has 0 radical (unpaired) electrons. The van der Waals surface area contributed by atoms with Gasteiger partial charge in [0.2, 0.25) is 0 Å². The molecule has 2 heterocycles. The van der Waals surface area contributed by atoms with E-state index in [-0.39, 0.29) is 0 Å². The van der Waals surface area contributed by atoms with E-state index < -0.39 is 0 Å². The van der Waals surface area contributed by atoms with Gasteiger partial charge in [0.1, 0.15) is 10.8 Å². The lowest BCUT2D eigenvalue weighted by atomic mass is 10.2. The van der Waals surface area contributed by atoms with E-state index in [1.807, 2.05) is 35.0 Å². The van der Waals surface area contributed by atoms with Gasteiger partial charge in [0.05, 0.1) is 12.8 Å². The average Bonchev–Trinajstić information content (AvgIpc) is 3.24. The third-order valence-electron chi connectivity index (χ3n) is 4.53. The minimum Gasteiger partial charge on any atom is -0.497 e. The van der Waals surface area contributed by atoms with E-state index in [1.165, 1.54) is 28.9 Å². The fraction of sp³-hybridized carbons (Fsp3) is 0.316. The zero-order valence-corrected chi connectivity index (χ0v) is 15.2. The molecule has 0 spiro atoms. The molecule has 25 heavy (non-hydrogen) atoms. The summed E-state index contributed by atoms with van der Waals surface area (Å²) in [6.45, 7) is 2.12. The molecule has 0 amide bonds. The summed E-state index contributed by atoms with van der Waals surface area (Å²) in [6, 6.07) is 12.1. The van der Waals surface area contributed by atoms with Gasteiger partial charge in [-0.15, -0.1) is 10.2 Å². The molecule has 4 rings (SSSR count). The summed E-state index contributed by atoms with van der Waals surface area (Å²) in [6.07, 6.45) is 3.42. The van der Waals surface area contributed by atoms with Crippen LogP contribution in [0.4, 0.5) is 0 Å². The van der Waals surface area contributed by atoms with Crippen LogP contribution in [0, 0.1) is 6.92 Å². The Bertz CT molecular complexity index is 889. The zero-order chi connectivity index (χ0) is 17.2. The molecular formula is C19H20N4OS. The van der Waals surface area contributed by atoms with E-state index in [9.17, 15) is 0 Å². The van der Waals surface area contributed by atoms with Crippen molar-refractivity contribution < 1.29 is 4.74 Å². The van der Waals surface area contributed by atoms with Gasteiger partial charge in [0.25, 0.3) is 0 Å². The molecule has 0 N–H and O–H groups in total. The number of hydrogen-bond acceptors (Lipinski definition) is 5. The number of aryl methyl sites for hydroxylation is 1. The summed E-state index contributed by atoms with van der Waals surface area (Å²) in [5.41, 5.74) is 5.00. The molecule has 0 fully saturated rings. The minimum absolute atomic E-state index is 0.789. The van der Waals surface area contributed by atoms with Crippen LogP contribution < -0.4 is 4.74 Å². The Morgan fingerprint density at radius 2 is 2.08 bits per heavy atom. The fourth-order valence-electron chi connectivity index (χ4n) is 3.20. The van der Waals surface area contributed by atoms with Crippen LogP contribution >= 0.6 is 11.8 Å². The molecule has 1 aromatic carbocycles. The van der Waals surface area contributed by atoms with Crippen molar-refractivity contribution in [3.8, 4) is 11.6 Å². The highest BCUT2D eigenvalue weighted by Gasteiger charge is 2.20. The van der Waals surface area contributed by atoms with Crippen LogP contribution in [0.1, 0.15) is 28.9 Å². The predicted molar refractivity (Wildman–Crippen MR) is 98.5 cm³/mol. The van der Waals surface area contributed by atoms with Crippen molar-refractivity contribution in [2.24, 2.45) is 0 Å². The molecule has 0 bridgehead atoms. The van der Waals surface area contributed by atoms with Gasteiger partial charge >= 0.3 is 0 Å². The topological polar surface area (TPSA) is 52.8 Å². The first-order valence-electron chi connectivity index (χ1n) is 8.42. The molecule has 5 nitrogen and oxygen atoms in total. The molecule has 0 unspecified atom stereocenters. The second-order valence-corrected chi connectivity index (χ2v) is 7.14. The molecule has 0 saturated heterocycles. The van der Waals surface area contributed by atoms with Gasteiger partial charge in [0, 0.05) is 11.4 Å². The number of methoxy groups -OCH3 is 1. The summed E-state index contributed by atoms with van der Waals surface area (Å²) >= 11 is 1.67. The first-order chi connectivity index (χ1) is 12.2. The maximum absolute atomic E-state index is 5.26. The molecule has 0 saturated carbocycles. The van der Waals surface area contributed by atoms with Crippen molar-refractivity contribution in [3.05, 3.63) is 58.9 Å². The first kappa shape index (κ1) is 16.1. The van der Waals surface area contributed by atoms with Crippen LogP contribution in [-0.2, 0) is 18.6 Å². The molecule has 0 aliphatic heterocycles. The third kappa shape index (κ3) is 3.26. The quantitative estimate of drug-likeness (QED) is 0.655. The molecule has 6 heteroatoms. The largest absolute Gasteiger partial charge is 0.497 e. The number of ether oxygens (including phenoxy) is 1. The van der Waals surface area contributed by atoms with Gasteiger partial charge in [0.15, 0.2) is 5.82 Å². The van der Waals surface area contributed by atoms with Crippen LogP contribution in [0.25, 0.3) is 5.82 Å². The maximum Gasteiger partial charge on any atom is 0.176 e. The number of benzene rings is 1. The van der Waals surface area contributed by atoms with Gasteiger partial charge in [-0.3, -0.25) is 0 Å². The standard InChI is InChI=1S/C19H20N4OS/c1-13-16-7-4-8-17(16)22-23(13)18-9-10-19(21-20-18)25-12-14-5-3-6-15(11-14)24-2/h3,5-6,9-11H,4,7-8,12H2,1-2H3. The van der Waals surface area contributed by atoms with Crippen molar-refractivity contribution in [2.75, 3.05) is 7.11 Å². The molecule has 3 aromatic rings. The van der Waals surface area contributed by atoms with Crippen LogP contribution in [-0.4, -0.2) is 27.1 Å². The molecule has 0 atom stereocenters. The molecule has 1 aliphatic rings. The van der Waals surface area contributed by atoms with Crippen molar-refractivity contribution >= 4 is 11.8 Å². The Hall–Kier alpha value is -2.34. The van der Waals surface area contributed by atoms with Gasteiger partial charge in [-0.05, 0) is 61.6 Å². The van der Waals surface area contributed by atoms with Crippen LogP contribution in [0.2, 0.25) is 0 Å². The highest BCUT2D eigenvalue weighted by molar-refractivity contribution is 7.98.